The maximum Gasteiger partial charge on any atom is 0.216 e. The van der Waals surface area contributed by atoms with E-state index >= 15 is 0 Å². The molecule has 0 saturated carbocycles. The van der Waals surface area contributed by atoms with Crippen LogP contribution in [-0.4, -0.2) is 23.0 Å². The van der Waals surface area contributed by atoms with Crippen LogP contribution in [0.1, 0.15) is 36.4 Å². The van der Waals surface area contributed by atoms with Crippen molar-refractivity contribution in [3.63, 3.8) is 0 Å². The zero-order chi connectivity index (χ0) is 31.9. The molecule has 4 nitrogen and oxygen atoms in total. The van der Waals surface area contributed by atoms with E-state index in [-0.39, 0.29) is 20.1 Å². The Kier molecular flexibility index (Phi) is 7.72. The second-order valence-corrected chi connectivity index (χ2v) is 15.9. The summed E-state index contributed by atoms with van der Waals surface area (Å²) in [6, 6.07) is 23.8. The maximum atomic E-state index is 13.5. The van der Waals surface area contributed by atoms with Crippen LogP contribution >= 0.6 is 0 Å². The van der Waals surface area contributed by atoms with Gasteiger partial charge in [0.15, 0.2) is 0 Å². The van der Waals surface area contributed by atoms with Crippen molar-refractivity contribution in [2.45, 2.75) is 46.2 Å². The van der Waals surface area contributed by atoms with E-state index in [9.17, 15) is 4.39 Å². The van der Waals surface area contributed by atoms with Crippen LogP contribution in [0.5, 0.6) is 0 Å². The minimum absolute atomic E-state index is 0. The van der Waals surface area contributed by atoms with Gasteiger partial charge in [-0.15, -0.1) is 53.6 Å². The Balaban J connectivity index is 0.000000204. The summed E-state index contributed by atoms with van der Waals surface area (Å²) in [5.41, 5.74) is 5.08. The van der Waals surface area contributed by atoms with Crippen LogP contribution in [0, 0.1) is 24.8 Å². The first-order valence-corrected chi connectivity index (χ1v) is 16.5. The van der Waals surface area contributed by atoms with Crippen LogP contribution in [0.2, 0.25) is 19.6 Å². The first kappa shape index (κ1) is 25.2. The van der Waals surface area contributed by atoms with E-state index in [1.54, 1.807) is 24.4 Å². The third-order valence-corrected chi connectivity index (χ3v) is 8.60. The first-order valence-electron chi connectivity index (χ1n) is 15.0. The first-order chi connectivity index (χ1) is 20.6. The van der Waals surface area contributed by atoms with Gasteiger partial charge in [0.25, 0.3) is 0 Å². The van der Waals surface area contributed by atoms with E-state index in [1.165, 1.54) is 17.3 Å². The van der Waals surface area contributed by atoms with Gasteiger partial charge in [0, 0.05) is 43.4 Å². The number of nitrogens with zero attached hydrogens (tertiary/aromatic N) is 3. The molecule has 6 rings (SSSR count). The zero-order valence-corrected chi connectivity index (χ0v) is 26.9. The monoisotopic (exact) mass is 742 g/mol. The molecule has 0 N–H and O–H groups in total. The number of rotatable bonds is 4. The molecule has 7 heteroatoms. The summed E-state index contributed by atoms with van der Waals surface area (Å²) in [7, 11) is -1.34. The largest absolute Gasteiger partial charge is 0.486 e. The maximum absolute atomic E-state index is 13.5. The van der Waals surface area contributed by atoms with Gasteiger partial charge in [-0.3, -0.25) is 0 Å². The second-order valence-electron chi connectivity index (χ2n) is 10.8. The van der Waals surface area contributed by atoms with Gasteiger partial charge in [-0.2, -0.15) is 0 Å². The van der Waals surface area contributed by atoms with Crippen LogP contribution < -0.4 is 5.19 Å². The van der Waals surface area contributed by atoms with E-state index in [1.807, 2.05) is 44.3 Å². The molecule has 6 aromatic rings. The zero-order valence-electron chi connectivity index (χ0n) is 27.5. The van der Waals surface area contributed by atoms with Crippen molar-refractivity contribution in [3.05, 3.63) is 108 Å². The Morgan fingerprint density at radius 3 is 2.41 bits per heavy atom. The summed E-state index contributed by atoms with van der Waals surface area (Å²) in [4.78, 5) is 12.9. The molecule has 4 aromatic heterocycles. The van der Waals surface area contributed by atoms with Gasteiger partial charge >= 0.3 is 0 Å². The summed E-state index contributed by atoms with van der Waals surface area (Å²) in [6.07, 6.45) is 4.73. The van der Waals surface area contributed by atoms with Gasteiger partial charge in [-0.25, -0.2) is 9.37 Å². The average Bonchev–Trinajstić information content (AvgIpc) is 3.34. The summed E-state index contributed by atoms with van der Waals surface area (Å²) in [5.74, 6) is -1.14. The molecule has 0 aliphatic rings. The molecule has 0 aliphatic heterocycles. The van der Waals surface area contributed by atoms with E-state index in [4.69, 9.17) is 9.90 Å². The molecule has 211 valence electrons. The van der Waals surface area contributed by atoms with Crippen molar-refractivity contribution in [1.29, 1.82) is 0 Å². The van der Waals surface area contributed by atoms with Crippen LogP contribution in [0.4, 0.5) is 4.39 Å². The topological polar surface area (TPSA) is 51.8 Å². The summed E-state index contributed by atoms with van der Waals surface area (Å²) in [5, 5.41) is 2.70. The van der Waals surface area contributed by atoms with Crippen LogP contribution in [-0.2, 0) is 20.1 Å². The fraction of sp³-hybridized carbons (Fsp3) is 0.206. The molecule has 0 spiro atoms. The van der Waals surface area contributed by atoms with Crippen LogP contribution in [0.25, 0.3) is 44.6 Å². The van der Waals surface area contributed by atoms with Gasteiger partial charge in [0.2, 0.25) is 5.71 Å². The molecule has 0 unspecified atom stereocenters. The van der Waals surface area contributed by atoms with Gasteiger partial charge in [0.1, 0.15) is 5.82 Å². The van der Waals surface area contributed by atoms with E-state index in [0.29, 0.717) is 33.5 Å². The van der Waals surface area contributed by atoms with Crippen molar-refractivity contribution in [3.8, 4) is 22.5 Å². The quantitative estimate of drug-likeness (QED) is 0.134. The predicted octanol–water partition coefficient (Wildman–Crippen LogP) is 8.51. The van der Waals surface area contributed by atoms with Gasteiger partial charge in [0.05, 0.1) is 19.9 Å². The minimum Gasteiger partial charge on any atom is -0.486 e. The predicted molar refractivity (Wildman–Crippen MR) is 164 cm³/mol. The number of hydrogen-bond acceptors (Lipinski definition) is 4. The molecule has 0 saturated heterocycles. The third kappa shape index (κ3) is 6.87. The molecule has 41 heavy (non-hydrogen) atoms. The number of hydrogen-bond donors (Lipinski definition) is 0. The summed E-state index contributed by atoms with van der Waals surface area (Å²) < 4.78 is 49.6. The second kappa shape index (κ2) is 12.6. The molecule has 0 aliphatic carbocycles. The van der Waals surface area contributed by atoms with Gasteiger partial charge in [-0.1, -0.05) is 75.1 Å². The Morgan fingerprint density at radius 2 is 1.76 bits per heavy atom. The number of fused-ring (bicyclic) bond motifs is 3. The van der Waals surface area contributed by atoms with Crippen LogP contribution in [0.3, 0.4) is 0 Å². The number of benzene rings is 2. The minimum atomic E-state index is -2.08. The molecular weight excluding hydrogens is 706 g/mol. The number of aromatic nitrogens is 3. The third-order valence-electron chi connectivity index (χ3n) is 6.57. The molecule has 2 aromatic carbocycles. The molecular formula is C34H32FIrN3OSi-2. The molecule has 1 radical (unpaired) electrons. The van der Waals surface area contributed by atoms with Crippen molar-refractivity contribution in [2.24, 2.45) is 0 Å². The molecule has 0 atom stereocenters. The average molecular weight is 742 g/mol. The molecule has 0 fully saturated rings. The Hall–Kier alpha value is -3.51. The van der Waals surface area contributed by atoms with Gasteiger partial charge < -0.3 is 14.4 Å². The number of aryl methyl sites for hydroxylation is 1. The Labute approximate surface area is 261 Å². The van der Waals surface area contributed by atoms with Crippen LogP contribution in [0.15, 0.2) is 83.7 Å². The number of halogens is 1. The Morgan fingerprint density at radius 1 is 0.927 bits per heavy atom. The molecule has 4 heterocycles. The molecule has 0 bridgehead atoms. The van der Waals surface area contributed by atoms with Crippen molar-refractivity contribution < 1.29 is 34.4 Å². The smallest absolute Gasteiger partial charge is 0.216 e. The van der Waals surface area contributed by atoms with Gasteiger partial charge in [-0.05, 0) is 34.6 Å². The summed E-state index contributed by atoms with van der Waals surface area (Å²) >= 11 is 0. The Bertz CT molecular complexity index is 1880. The normalized spacial score (nSPS) is 13.3. The SMILES string of the molecule is [2H]C(C)(C)c1ccnc(-c2[c-]ccc3c2oc2ncc(F)cc23)c1.[2H]C([2H])([2H])c1c[c-]c(-c2ccc([Si](C)(C)C)cn2)cc1.[Ir]. The summed E-state index contributed by atoms with van der Waals surface area (Å²) in [6.45, 7) is 8.40. The molecule has 0 amide bonds. The standard InChI is InChI=1S/C19H14FN2O.C15H18NSi.Ir/c1-11(2)12-6-7-21-17(8-12)15-5-3-4-14-16-9-13(20)10-22-19(16)23-18(14)15;1-12-5-7-13(8-6-12)15-10-9-14(11-16-15)17(2,3)4;/h3-4,6-11H,1-2H3;5-7,9-11H,1-4H3;/q2*-1;/i11D;1D3;. The van der Waals surface area contributed by atoms with E-state index in [0.717, 1.165) is 28.4 Å². The number of pyridine rings is 3. The van der Waals surface area contributed by atoms with Crippen molar-refractivity contribution in [2.75, 3.05) is 0 Å². The fourth-order valence-corrected chi connectivity index (χ4v) is 5.28. The number of furan rings is 1. The fourth-order valence-electron chi connectivity index (χ4n) is 4.25. The van der Waals surface area contributed by atoms with E-state index in [2.05, 4.69) is 52.8 Å². The van der Waals surface area contributed by atoms with E-state index < -0.39 is 26.6 Å². The van der Waals surface area contributed by atoms with Crippen molar-refractivity contribution >= 4 is 35.3 Å². The van der Waals surface area contributed by atoms with Crippen molar-refractivity contribution in [1.82, 2.24) is 15.0 Å².